The minimum atomic E-state index is -1.18. The van der Waals surface area contributed by atoms with Crippen LogP contribution in [0.3, 0.4) is 0 Å². The molecule has 3 saturated heterocycles. The maximum atomic E-state index is 14.4. The smallest absolute Gasteiger partial charge is 0.243 e. The number of hydrogen-bond donors (Lipinski definition) is 5. The highest BCUT2D eigenvalue weighted by molar-refractivity contribution is 7.13. The molecule has 5 heterocycles. The topological polar surface area (TPSA) is 191 Å². The number of nitrogens with zero attached hydrogens (tertiary/aromatic N) is 5. The van der Waals surface area contributed by atoms with E-state index in [9.17, 15) is 28.7 Å². The fraction of sp³-hybridized carbons (Fsp3) is 0.414. The lowest BCUT2D eigenvalue weighted by molar-refractivity contribution is -0.143. The number of rotatable bonds is 17. The van der Waals surface area contributed by atoms with Crippen molar-refractivity contribution in [2.45, 2.75) is 90.6 Å². The fourth-order valence-electron chi connectivity index (χ4n) is 10.7. The number of thiazole rings is 1. The van der Waals surface area contributed by atoms with E-state index in [4.69, 9.17) is 14.5 Å². The van der Waals surface area contributed by atoms with Gasteiger partial charge in [-0.25, -0.2) is 9.37 Å². The minimum absolute atomic E-state index is 0.122. The number of hydrogen-bond acceptors (Lipinski definition) is 13. The number of piperidine rings is 1. The van der Waals surface area contributed by atoms with E-state index in [1.54, 1.807) is 59.9 Å². The van der Waals surface area contributed by atoms with Crippen LogP contribution in [0.25, 0.3) is 21.3 Å². The zero-order valence-electron chi connectivity index (χ0n) is 43.6. The fourth-order valence-corrected chi connectivity index (χ4v) is 11.5. The number of aromatic nitrogens is 2. The quantitative estimate of drug-likeness (QED) is 0.0552. The molecular weight excluding hydrogens is 986 g/mol. The lowest BCUT2D eigenvalue weighted by Crippen LogP contribution is -2.66. The molecule has 76 heavy (non-hydrogen) atoms. The first kappa shape index (κ1) is 52.5. The predicted octanol–water partition coefficient (Wildman–Crippen LogP) is 8.15. The van der Waals surface area contributed by atoms with Crippen molar-refractivity contribution in [2.75, 3.05) is 61.9 Å². The number of β-amino-alcohol motifs (C(OH)–C–C–N with tert-alkyl or cyclic N) is 1. The summed E-state index contributed by atoms with van der Waals surface area (Å²) in [7, 11) is 1.67. The number of aryl methyl sites for hydroxylation is 1. The van der Waals surface area contributed by atoms with Gasteiger partial charge in [0.15, 0.2) is 0 Å². The van der Waals surface area contributed by atoms with Gasteiger partial charge in [-0.3, -0.25) is 29.1 Å². The van der Waals surface area contributed by atoms with Crippen molar-refractivity contribution >= 4 is 62.9 Å². The molecular formula is C58H66FN9O7S. The third kappa shape index (κ3) is 11.5. The summed E-state index contributed by atoms with van der Waals surface area (Å²) in [5.41, 5.74) is 5.92. The average Bonchev–Trinajstić information content (AvgIpc) is 3.98. The van der Waals surface area contributed by atoms with E-state index in [2.05, 4.69) is 42.1 Å². The Morgan fingerprint density at radius 3 is 2.16 bits per heavy atom. The molecule has 0 unspecified atom stereocenters. The molecule has 1 saturated carbocycles. The Morgan fingerprint density at radius 1 is 0.868 bits per heavy atom. The van der Waals surface area contributed by atoms with Crippen LogP contribution >= 0.6 is 11.3 Å². The number of ether oxygens (including phenoxy) is 2. The van der Waals surface area contributed by atoms with E-state index in [-0.39, 0.29) is 30.8 Å². The number of aliphatic hydroxyl groups is 1. The third-order valence-corrected chi connectivity index (χ3v) is 16.3. The molecule has 4 aromatic carbocycles. The molecule has 0 radical (unpaired) electrons. The van der Waals surface area contributed by atoms with Gasteiger partial charge in [0, 0.05) is 81.2 Å². The molecule has 4 aliphatic rings. The Balaban J connectivity index is 0.692. The number of methoxy groups -OCH3 is 1. The molecule has 10 rings (SSSR count). The summed E-state index contributed by atoms with van der Waals surface area (Å²) in [4.78, 5) is 70.9. The van der Waals surface area contributed by atoms with Gasteiger partial charge in [0.05, 0.1) is 46.5 Å². The summed E-state index contributed by atoms with van der Waals surface area (Å²) in [6.45, 7) is 12.9. The number of likely N-dealkylation sites (tertiary alicyclic amines) is 2. The maximum absolute atomic E-state index is 14.4. The molecule has 4 amide bonds. The molecule has 3 atom stereocenters. The van der Waals surface area contributed by atoms with Crippen molar-refractivity contribution in [2.24, 2.45) is 16.7 Å². The molecule has 16 nitrogen and oxygen atoms in total. The van der Waals surface area contributed by atoms with E-state index in [1.165, 1.54) is 24.3 Å². The molecule has 0 spiro atoms. The number of halogens is 1. The number of carbonyl (C=O) groups is 4. The number of benzene rings is 4. The number of amides is 4. The van der Waals surface area contributed by atoms with Gasteiger partial charge in [-0.15, -0.1) is 11.3 Å². The number of pyridine rings is 1. The summed E-state index contributed by atoms with van der Waals surface area (Å²) in [5, 5.41) is 23.8. The average molecular weight is 1050 g/mol. The Morgan fingerprint density at radius 2 is 1.54 bits per heavy atom. The number of fused-ring (bicyclic) bond motifs is 1. The lowest BCUT2D eigenvalue weighted by Gasteiger charge is -2.46. The number of anilines is 3. The first-order valence-corrected chi connectivity index (χ1v) is 27.0. The van der Waals surface area contributed by atoms with Crippen LogP contribution in [0.5, 0.6) is 17.2 Å². The number of nitrogens with one attached hydrogen (secondary N) is 4. The minimum Gasteiger partial charge on any atom is -0.495 e. The molecule has 6 aromatic rings. The monoisotopic (exact) mass is 1050 g/mol. The lowest BCUT2D eigenvalue weighted by atomic mass is 9.84. The van der Waals surface area contributed by atoms with Crippen LogP contribution in [-0.2, 0) is 25.7 Å². The van der Waals surface area contributed by atoms with Crippen LogP contribution in [0.4, 0.5) is 21.5 Å². The highest BCUT2D eigenvalue weighted by atomic mass is 32.1. The Kier molecular flexibility index (Phi) is 15.1. The molecule has 5 N–H and O–H groups in total. The van der Waals surface area contributed by atoms with Gasteiger partial charge < -0.3 is 45.6 Å². The van der Waals surface area contributed by atoms with Crippen molar-refractivity contribution in [3.8, 4) is 27.7 Å². The van der Waals surface area contributed by atoms with Crippen molar-refractivity contribution in [1.82, 2.24) is 30.4 Å². The largest absolute Gasteiger partial charge is 0.495 e. The van der Waals surface area contributed by atoms with Gasteiger partial charge in [0.1, 0.15) is 34.5 Å². The highest BCUT2D eigenvalue weighted by Gasteiger charge is 2.56. The van der Waals surface area contributed by atoms with Gasteiger partial charge in [-0.1, -0.05) is 45.0 Å². The van der Waals surface area contributed by atoms with Crippen LogP contribution in [-0.4, -0.2) is 119 Å². The molecule has 4 fully saturated rings. The molecule has 398 valence electrons. The van der Waals surface area contributed by atoms with Crippen LogP contribution in [0.15, 0.2) is 103 Å². The third-order valence-electron chi connectivity index (χ3n) is 15.3. The zero-order chi connectivity index (χ0) is 53.3. The first-order chi connectivity index (χ1) is 36.5. The van der Waals surface area contributed by atoms with Gasteiger partial charge in [-0.05, 0) is 122 Å². The van der Waals surface area contributed by atoms with Crippen molar-refractivity contribution in [3.63, 3.8) is 0 Å². The second-order valence-corrected chi connectivity index (χ2v) is 22.7. The van der Waals surface area contributed by atoms with Crippen LogP contribution in [0, 0.1) is 29.5 Å². The van der Waals surface area contributed by atoms with E-state index in [0.29, 0.717) is 48.2 Å². The summed E-state index contributed by atoms with van der Waals surface area (Å²) >= 11 is 1.60. The second kappa shape index (κ2) is 21.9. The molecule has 3 aliphatic heterocycles. The van der Waals surface area contributed by atoms with Crippen molar-refractivity contribution in [3.05, 3.63) is 120 Å². The Hall–Kier alpha value is -6.99. The predicted molar refractivity (Wildman–Crippen MR) is 292 cm³/mol. The van der Waals surface area contributed by atoms with Gasteiger partial charge in [-0.2, -0.15) is 0 Å². The number of aliphatic hydroxyl groups excluding tert-OH is 1. The van der Waals surface area contributed by atoms with E-state index in [0.717, 1.165) is 89.6 Å². The van der Waals surface area contributed by atoms with Gasteiger partial charge in [0.25, 0.3) is 0 Å². The number of carbonyl (C=O) groups excluding carboxylic acids is 4. The van der Waals surface area contributed by atoms with Crippen molar-refractivity contribution in [1.29, 1.82) is 0 Å². The summed E-state index contributed by atoms with van der Waals surface area (Å²) in [6, 6.07) is 25.1. The normalized spacial score (nSPS) is 19.2. The molecule has 0 bridgehead atoms. The maximum Gasteiger partial charge on any atom is 0.243 e. The van der Waals surface area contributed by atoms with Gasteiger partial charge >= 0.3 is 0 Å². The van der Waals surface area contributed by atoms with Gasteiger partial charge in [0.2, 0.25) is 23.6 Å². The molecule has 18 heteroatoms. The summed E-state index contributed by atoms with van der Waals surface area (Å²) in [5.74, 6) is 0.724. The first-order valence-electron chi connectivity index (χ1n) is 26.2. The summed E-state index contributed by atoms with van der Waals surface area (Å²) < 4.78 is 25.7. The SMILES string of the molecule is COc1cc2c(Oc3ccc(NC(=O)C4(C(=O)Nc5ccc(F)cc5)CC4)cc3)ccnc2cc1N1CCC(CN2CC(N[C@H](C(=O)N3C[C@H](O)C[C@H]3C(=O)NCc3ccc(-c4scnc4C)cc3)C(C)(C)C)C2)CC1. The highest BCUT2D eigenvalue weighted by Crippen LogP contribution is 2.48. The second-order valence-electron chi connectivity index (χ2n) is 21.9. The Bertz CT molecular complexity index is 3080. The van der Waals surface area contributed by atoms with E-state index in [1.807, 2.05) is 63.5 Å². The van der Waals surface area contributed by atoms with E-state index >= 15 is 0 Å². The van der Waals surface area contributed by atoms with Crippen LogP contribution in [0.2, 0.25) is 0 Å². The van der Waals surface area contributed by atoms with Crippen molar-refractivity contribution < 1.29 is 38.1 Å². The van der Waals surface area contributed by atoms with E-state index < -0.39 is 46.6 Å². The van der Waals surface area contributed by atoms with Crippen LogP contribution in [0.1, 0.15) is 64.1 Å². The standard InChI is InChI=1S/C58H66FN9O7S/c1-35-51(76-34-62-35)38-8-6-36(7-9-38)29-61-53(70)48-26-43(69)33-68(48)54(71)52(57(2,3)4)63-42-31-66(32-42)30-37-19-24-67(25-20-37)47-28-46-45(27-50(47)74-5)49(18-23-60-46)75-44-16-14-41(15-17-44)65-56(73)58(21-22-58)55(72)64-40-12-10-39(59)11-13-40/h6-18,23,27-28,34,37,42-43,48,52,63,69H,19-22,24-26,29-33H2,1-5H3,(H,61,70)(H,64,72)(H,65,73)/t43-,48+,52-/m1/s1. The molecule has 2 aromatic heterocycles. The molecule has 1 aliphatic carbocycles. The zero-order valence-corrected chi connectivity index (χ0v) is 44.4. The van der Waals surface area contributed by atoms with Crippen LogP contribution < -0.4 is 35.6 Å². The summed E-state index contributed by atoms with van der Waals surface area (Å²) in [6.07, 6.45) is 4.00. The Labute approximate surface area is 446 Å².